The molecular weight excluding hydrogens is 307 g/mol. The molecule has 1 saturated heterocycles. The second kappa shape index (κ2) is 5.24. The van der Waals surface area contributed by atoms with Crippen molar-refractivity contribution in [2.24, 2.45) is 4.99 Å². The van der Waals surface area contributed by atoms with Crippen LogP contribution in [0.1, 0.15) is 35.6 Å². The first-order valence-electron chi connectivity index (χ1n) is 7.80. The molecule has 0 aliphatic carbocycles. The monoisotopic (exact) mass is 324 g/mol. The fourth-order valence-electron chi connectivity index (χ4n) is 3.77. The maximum absolute atomic E-state index is 13.9. The molecule has 0 bridgehead atoms. The van der Waals surface area contributed by atoms with Gasteiger partial charge in [0.05, 0.1) is 22.1 Å². The molecule has 2 aromatic rings. The minimum atomic E-state index is -0.266. The van der Waals surface area contributed by atoms with Crippen molar-refractivity contribution in [3.8, 4) is 0 Å². The summed E-state index contributed by atoms with van der Waals surface area (Å²) >= 11 is 5.43. The molecule has 2 unspecified atom stereocenters. The fraction of sp³-hybridized carbons (Fsp3) is 0.263. The lowest BCUT2D eigenvalue weighted by atomic mass is 9.68. The maximum atomic E-state index is 13.9. The predicted molar refractivity (Wildman–Crippen MR) is 95.1 cm³/mol. The number of piperidine rings is 1. The topological polar surface area (TPSA) is 24.4 Å². The average molecular weight is 324 g/mol. The Hall–Kier alpha value is -2.07. The van der Waals surface area contributed by atoms with Crippen molar-refractivity contribution in [3.63, 3.8) is 0 Å². The molecule has 0 radical (unpaired) electrons. The number of fused-ring (bicyclic) bond motifs is 2. The highest BCUT2D eigenvalue weighted by atomic mass is 32.1. The number of halogens is 1. The number of thiocarbonyl (C=S) groups is 1. The van der Waals surface area contributed by atoms with Gasteiger partial charge in [0.1, 0.15) is 5.82 Å². The number of aryl methyl sites for hydroxylation is 1. The van der Waals surface area contributed by atoms with Crippen LogP contribution in [0.25, 0.3) is 0 Å². The van der Waals surface area contributed by atoms with Crippen LogP contribution in [0.15, 0.2) is 47.5 Å². The first-order valence-corrected chi connectivity index (χ1v) is 8.21. The quantitative estimate of drug-likeness (QED) is 0.779. The van der Waals surface area contributed by atoms with Gasteiger partial charge in [-0.3, -0.25) is 4.99 Å². The molecule has 4 rings (SSSR count). The molecule has 4 heteroatoms. The molecule has 2 atom stereocenters. The second-order valence-electron chi connectivity index (χ2n) is 6.32. The van der Waals surface area contributed by atoms with E-state index < -0.39 is 0 Å². The van der Waals surface area contributed by atoms with Crippen molar-refractivity contribution < 1.29 is 4.39 Å². The van der Waals surface area contributed by atoms with Gasteiger partial charge in [-0.2, -0.15) is 0 Å². The summed E-state index contributed by atoms with van der Waals surface area (Å²) in [5.74, 6) is -0.220. The van der Waals surface area contributed by atoms with Gasteiger partial charge in [-0.15, -0.1) is 0 Å². The maximum Gasteiger partial charge on any atom is 0.123 e. The van der Waals surface area contributed by atoms with E-state index in [0.717, 1.165) is 34.6 Å². The Morgan fingerprint density at radius 1 is 1.26 bits per heavy atom. The normalized spacial score (nSPS) is 25.5. The van der Waals surface area contributed by atoms with Crippen LogP contribution in [-0.4, -0.2) is 11.2 Å². The van der Waals surface area contributed by atoms with E-state index in [2.05, 4.69) is 16.4 Å². The number of rotatable bonds is 1. The van der Waals surface area contributed by atoms with Gasteiger partial charge in [-0.05, 0) is 54.7 Å². The highest BCUT2D eigenvalue weighted by Crippen LogP contribution is 2.50. The molecule has 2 nitrogen and oxygen atoms in total. The number of nitrogens with one attached hydrogen (secondary N) is 1. The zero-order valence-corrected chi connectivity index (χ0v) is 13.7. The molecule has 2 aromatic carbocycles. The minimum Gasteiger partial charge on any atom is -0.372 e. The summed E-state index contributed by atoms with van der Waals surface area (Å²) in [4.78, 5) is 5.46. The van der Waals surface area contributed by atoms with Crippen molar-refractivity contribution in [1.29, 1.82) is 0 Å². The SMILES string of the molecule is Cc1ccc(F)cc1C1NC(=S)CCC12C=Nc1ccccc12. The first kappa shape index (κ1) is 14.5. The summed E-state index contributed by atoms with van der Waals surface area (Å²) in [5, 5.41) is 3.45. The Bertz CT molecular complexity index is 830. The zero-order chi connectivity index (χ0) is 16.0. The third-order valence-corrected chi connectivity index (χ3v) is 5.30. The minimum absolute atomic E-state index is 0.0909. The lowest BCUT2D eigenvalue weighted by molar-refractivity contribution is 0.392. The molecule has 1 fully saturated rings. The van der Waals surface area contributed by atoms with Crippen LogP contribution in [0.5, 0.6) is 0 Å². The van der Waals surface area contributed by atoms with Crippen molar-refractivity contribution in [2.45, 2.75) is 31.2 Å². The summed E-state index contributed by atoms with van der Waals surface area (Å²) in [6.07, 6.45) is 3.74. The Morgan fingerprint density at radius 2 is 2.09 bits per heavy atom. The van der Waals surface area contributed by atoms with Gasteiger partial charge in [0.15, 0.2) is 0 Å². The fourth-order valence-corrected chi connectivity index (χ4v) is 3.99. The van der Waals surface area contributed by atoms with Crippen LogP contribution < -0.4 is 5.32 Å². The molecular formula is C19H17FN2S. The van der Waals surface area contributed by atoms with Gasteiger partial charge >= 0.3 is 0 Å². The van der Waals surface area contributed by atoms with Crippen molar-refractivity contribution in [1.82, 2.24) is 5.32 Å². The first-order chi connectivity index (χ1) is 11.1. The number of benzene rings is 2. The van der Waals surface area contributed by atoms with Crippen molar-refractivity contribution >= 4 is 29.1 Å². The molecule has 2 heterocycles. The Labute approximate surface area is 140 Å². The zero-order valence-electron chi connectivity index (χ0n) is 12.8. The molecule has 2 aliphatic rings. The van der Waals surface area contributed by atoms with Crippen LogP contribution in [0.4, 0.5) is 10.1 Å². The Kier molecular flexibility index (Phi) is 3.31. The van der Waals surface area contributed by atoms with E-state index >= 15 is 0 Å². The molecule has 2 aliphatic heterocycles. The van der Waals surface area contributed by atoms with Crippen molar-refractivity contribution in [3.05, 3.63) is 65.0 Å². The third-order valence-electron chi connectivity index (χ3n) is 4.98. The van der Waals surface area contributed by atoms with E-state index in [1.807, 2.05) is 37.4 Å². The van der Waals surface area contributed by atoms with Crippen LogP contribution in [-0.2, 0) is 5.41 Å². The Morgan fingerprint density at radius 3 is 2.96 bits per heavy atom. The van der Waals surface area contributed by atoms with Crippen LogP contribution in [0, 0.1) is 12.7 Å². The molecule has 1 spiro atoms. The third kappa shape index (κ3) is 2.20. The molecule has 116 valence electrons. The van der Waals surface area contributed by atoms with E-state index in [0.29, 0.717) is 0 Å². The molecule has 23 heavy (non-hydrogen) atoms. The lowest BCUT2D eigenvalue weighted by Crippen LogP contribution is -2.48. The molecule has 0 saturated carbocycles. The van der Waals surface area contributed by atoms with Crippen LogP contribution >= 0.6 is 12.2 Å². The summed E-state index contributed by atoms with van der Waals surface area (Å²) in [7, 11) is 0. The van der Waals surface area contributed by atoms with Gasteiger partial charge in [-0.1, -0.05) is 36.5 Å². The number of nitrogens with zero attached hydrogens (tertiary/aromatic N) is 1. The summed E-state index contributed by atoms with van der Waals surface area (Å²) in [5.41, 5.74) is 3.95. The van der Waals surface area contributed by atoms with E-state index in [1.54, 1.807) is 6.07 Å². The van der Waals surface area contributed by atoms with Crippen LogP contribution in [0.2, 0.25) is 0 Å². The second-order valence-corrected chi connectivity index (χ2v) is 6.81. The largest absolute Gasteiger partial charge is 0.372 e. The molecule has 1 N–H and O–H groups in total. The summed E-state index contributed by atoms with van der Waals surface area (Å²) in [6, 6.07) is 13.1. The lowest BCUT2D eigenvalue weighted by Gasteiger charge is -2.42. The molecule has 0 aromatic heterocycles. The number of aliphatic imine (C=N–C) groups is 1. The van der Waals surface area contributed by atoms with E-state index in [-0.39, 0.29) is 17.3 Å². The standard InChI is InChI=1S/C19H17FN2S/c1-12-6-7-13(20)10-14(12)18-19(9-8-17(23)22-18)11-21-16-5-3-2-4-15(16)19/h2-7,10-11,18H,8-9H2,1H3,(H,22,23). The predicted octanol–water partition coefficient (Wildman–Crippen LogP) is 4.54. The smallest absolute Gasteiger partial charge is 0.123 e. The number of hydrogen-bond acceptors (Lipinski definition) is 2. The average Bonchev–Trinajstić information content (AvgIpc) is 2.92. The van der Waals surface area contributed by atoms with Gasteiger partial charge < -0.3 is 5.32 Å². The van der Waals surface area contributed by atoms with Crippen LogP contribution in [0.3, 0.4) is 0 Å². The van der Waals surface area contributed by atoms with Crippen molar-refractivity contribution in [2.75, 3.05) is 0 Å². The van der Waals surface area contributed by atoms with E-state index in [9.17, 15) is 4.39 Å². The van der Waals surface area contributed by atoms with E-state index in [4.69, 9.17) is 12.2 Å². The highest BCUT2D eigenvalue weighted by Gasteiger charge is 2.47. The van der Waals surface area contributed by atoms with E-state index in [1.165, 1.54) is 11.6 Å². The van der Waals surface area contributed by atoms with Gasteiger partial charge in [-0.25, -0.2) is 4.39 Å². The number of para-hydroxylation sites is 1. The van der Waals surface area contributed by atoms with Gasteiger partial charge in [0.2, 0.25) is 0 Å². The number of hydrogen-bond donors (Lipinski definition) is 1. The Balaban J connectivity index is 1.90. The van der Waals surface area contributed by atoms with Gasteiger partial charge in [0, 0.05) is 6.21 Å². The molecule has 0 amide bonds. The highest BCUT2D eigenvalue weighted by molar-refractivity contribution is 7.80. The summed E-state index contributed by atoms with van der Waals surface area (Å²) in [6.45, 7) is 2.01. The van der Waals surface area contributed by atoms with Gasteiger partial charge in [0.25, 0.3) is 0 Å². The summed E-state index contributed by atoms with van der Waals surface area (Å²) < 4.78 is 13.9.